The summed E-state index contributed by atoms with van der Waals surface area (Å²) in [4.78, 5) is 41.4. The number of hydrogen-bond acceptors (Lipinski definition) is 5. The maximum Gasteiger partial charge on any atom is 0.416 e. The number of fused-ring (bicyclic) bond motifs is 5. The first kappa shape index (κ1) is 24.5. The summed E-state index contributed by atoms with van der Waals surface area (Å²) in [6, 6.07) is 9.63. The Morgan fingerprint density at radius 1 is 1.03 bits per heavy atom. The van der Waals surface area contributed by atoms with Crippen LogP contribution in [0.1, 0.15) is 36.6 Å². The first-order valence-electron chi connectivity index (χ1n) is 11.0. The zero-order chi connectivity index (χ0) is 25.7. The van der Waals surface area contributed by atoms with Crippen LogP contribution in [-0.2, 0) is 20.6 Å². The number of primary amides is 1. The molecule has 3 N–H and O–H groups in total. The number of hydrogen-bond donors (Lipinski definition) is 2. The molecule has 0 aliphatic carbocycles. The molecule has 0 aromatic heterocycles. The number of benzene rings is 2. The number of carbonyl (C=O) groups excluding carboxylic acids is 3. The zero-order valence-electron chi connectivity index (χ0n) is 18.9. The Labute approximate surface area is 199 Å². The molecule has 2 aromatic rings. The third-order valence-corrected chi connectivity index (χ3v) is 6.18. The van der Waals surface area contributed by atoms with E-state index in [1.165, 1.54) is 6.07 Å². The van der Waals surface area contributed by atoms with Gasteiger partial charge in [0.25, 0.3) is 0 Å². The molecule has 0 spiro atoms. The number of anilines is 1. The third kappa shape index (κ3) is 4.18. The van der Waals surface area contributed by atoms with Crippen molar-refractivity contribution in [2.24, 2.45) is 17.6 Å². The van der Waals surface area contributed by atoms with Crippen LogP contribution in [0, 0.1) is 11.8 Å². The number of halogens is 3. The second-order valence-electron chi connectivity index (χ2n) is 8.89. The maximum absolute atomic E-state index is 13.4. The minimum absolute atomic E-state index is 0.167. The molecule has 10 heteroatoms. The van der Waals surface area contributed by atoms with Crippen LogP contribution < -0.4 is 10.6 Å². The number of rotatable bonds is 2. The van der Waals surface area contributed by atoms with Crippen LogP contribution in [0.2, 0.25) is 0 Å². The molecule has 0 unspecified atom stereocenters. The van der Waals surface area contributed by atoms with Crippen molar-refractivity contribution in [3.05, 3.63) is 71.4 Å². The van der Waals surface area contributed by atoms with Gasteiger partial charge in [0.2, 0.25) is 17.7 Å². The highest BCUT2D eigenvalue weighted by atomic mass is 19.4. The second kappa shape index (κ2) is 8.84. The van der Waals surface area contributed by atoms with E-state index in [-0.39, 0.29) is 11.8 Å². The standard InChI is InChI=1S/C22H16F3N3O3.C3H8O/c23-22(24,25)12-5-3-6-13(10-12)28-20(30)15-16(21(28)31)18(19(26)29)27-9-8-11-4-1-2-7-14(11)17(15)27;1-3(2)4/h1-10,15-18H,(H2,26,29);3-4H,1-2H3/t15-,16+,17+,18-;/m0./s1. The molecule has 0 radical (unpaired) electrons. The number of amides is 3. The van der Waals surface area contributed by atoms with Gasteiger partial charge in [-0.2, -0.15) is 13.2 Å². The van der Waals surface area contributed by atoms with Crippen molar-refractivity contribution in [1.82, 2.24) is 4.90 Å². The maximum atomic E-state index is 13.4. The quantitative estimate of drug-likeness (QED) is 0.634. The van der Waals surface area contributed by atoms with Gasteiger partial charge in [-0.3, -0.25) is 14.4 Å². The fourth-order valence-electron chi connectivity index (χ4n) is 4.96. The van der Waals surface area contributed by atoms with E-state index in [4.69, 9.17) is 10.8 Å². The van der Waals surface area contributed by atoms with Crippen molar-refractivity contribution in [1.29, 1.82) is 0 Å². The summed E-state index contributed by atoms with van der Waals surface area (Å²) in [6.07, 6.45) is -1.37. The molecule has 3 heterocycles. The Morgan fingerprint density at radius 2 is 1.66 bits per heavy atom. The summed E-state index contributed by atoms with van der Waals surface area (Å²) in [6.45, 7) is 3.44. The smallest absolute Gasteiger partial charge is 0.394 e. The minimum atomic E-state index is -4.63. The van der Waals surface area contributed by atoms with Crippen molar-refractivity contribution in [3.8, 4) is 0 Å². The Morgan fingerprint density at radius 3 is 2.29 bits per heavy atom. The minimum Gasteiger partial charge on any atom is -0.394 e. The number of carbonyl (C=O) groups is 3. The fourth-order valence-corrected chi connectivity index (χ4v) is 4.96. The van der Waals surface area contributed by atoms with Gasteiger partial charge in [0.15, 0.2) is 0 Å². The van der Waals surface area contributed by atoms with Crippen LogP contribution in [-0.4, -0.2) is 39.9 Å². The average molecular weight is 487 g/mol. The van der Waals surface area contributed by atoms with Crippen molar-refractivity contribution in [2.45, 2.75) is 38.2 Å². The molecule has 3 aliphatic heterocycles. The average Bonchev–Trinajstić information content (AvgIpc) is 3.26. The third-order valence-electron chi connectivity index (χ3n) is 6.18. The fraction of sp³-hybridized carbons (Fsp3) is 0.320. The lowest BCUT2D eigenvalue weighted by molar-refractivity contribution is -0.137. The molecule has 0 saturated carbocycles. The van der Waals surface area contributed by atoms with Crippen LogP contribution in [0.5, 0.6) is 0 Å². The molecule has 5 rings (SSSR count). The number of nitrogens with zero attached hydrogens (tertiary/aromatic N) is 2. The highest BCUT2D eigenvalue weighted by Crippen LogP contribution is 2.53. The lowest BCUT2D eigenvalue weighted by Crippen LogP contribution is -2.46. The Hall–Kier alpha value is -3.66. The molecule has 2 aromatic carbocycles. The molecule has 3 aliphatic rings. The largest absolute Gasteiger partial charge is 0.416 e. The Bertz CT molecular complexity index is 1210. The highest BCUT2D eigenvalue weighted by molar-refractivity contribution is 6.24. The van der Waals surface area contributed by atoms with Gasteiger partial charge >= 0.3 is 6.18 Å². The van der Waals surface area contributed by atoms with E-state index in [0.29, 0.717) is 0 Å². The second-order valence-corrected chi connectivity index (χ2v) is 8.89. The van der Waals surface area contributed by atoms with Crippen LogP contribution >= 0.6 is 0 Å². The first-order chi connectivity index (χ1) is 16.4. The van der Waals surface area contributed by atoms with E-state index in [1.54, 1.807) is 37.1 Å². The summed E-state index contributed by atoms with van der Waals surface area (Å²) in [5, 5.41) is 8.06. The number of imide groups is 1. The number of nitrogens with two attached hydrogens (primary N) is 1. The summed E-state index contributed by atoms with van der Waals surface area (Å²) >= 11 is 0. The van der Waals surface area contributed by atoms with Gasteiger partial charge in [0.1, 0.15) is 6.04 Å². The number of aliphatic hydroxyl groups is 1. The van der Waals surface area contributed by atoms with Crippen LogP contribution in [0.4, 0.5) is 18.9 Å². The van der Waals surface area contributed by atoms with Crippen LogP contribution in [0.15, 0.2) is 54.7 Å². The molecular weight excluding hydrogens is 463 g/mol. The molecule has 0 bridgehead atoms. The lowest BCUT2D eigenvalue weighted by atomic mass is 9.84. The predicted octanol–water partition coefficient (Wildman–Crippen LogP) is 3.09. The lowest BCUT2D eigenvalue weighted by Gasteiger charge is -2.34. The molecule has 184 valence electrons. The number of aliphatic hydroxyl groups excluding tert-OH is 1. The van der Waals surface area contributed by atoms with Crippen molar-refractivity contribution < 1.29 is 32.7 Å². The van der Waals surface area contributed by atoms with Gasteiger partial charge in [0.05, 0.1) is 29.1 Å². The normalized spacial score (nSPS) is 24.7. The highest BCUT2D eigenvalue weighted by Gasteiger charge is 2.64. The molecule has 3 amide bonds. The SMILES string of the molecule is CC(C)O.NC(=O)[C@@H]1[C@@H]2C(=O)N(c3cccc(C(F)(F)F)c3)C(=O)[C@@H]2[C@H]2c3ccccc3C=CN12. The molecule has 2 saturated heterocycles. The predicted molar refractivity (Wildman–Crippen MR) is 121 cm³/mol. The van der Waals surface area contributed by atoms with Gasteiger partial charge in [-0.15, -0.1) is 0 Å². The molecule has 4 atom stereocenters. The monoisotopic (exact) mass is 487 g/mol. The van der Waals surface area contributed by atoms with E-state index in [1.807, 2.05) is 18.2 Å². The van der Waals surface area contributed by atoms with Gasteiger partial charge in [-0.1, -0.05) is 30.3 Å². The molecular formula is C25H24F3N3O4. The molecule has 7 nitrogen and oxygen atoms in total. The number of alkyl halides is 3. The van der Waals surface area contributed by atoms with Gasteiger partial charge < -0.3 is 15.7 Å². The first-order valence-corrected chi connectivity index (χ1v) is 11.0. The molecule has 2 fully saturated rings. The summed E-state index contributed by atoms with van der Waals surface area (Å²) in [5.74, 6) is -4.16. The Balaban J connectivity index is 0.000000672. The van der Waals surface area contributed by atoms with E-state index in [9.17, 15) is 27.6 Å². The summed E-state index contributed by atoms with van der Waals surface area (Å²) in [5.41, 5.74) is 6.06. The zero-order valence-corrected chi connectivity index (χ0v) is 18.9. The van der Waals surface area contributed by atoms with E-state index < -0.39 is 53.4 Å². The van der Waals surface area contributed by atoms with E-state index in [0.717, 1.165) is 34.2 Å². The Kier molecular flexibility index (Phi) is 6.18. The van der Waals surface area contributed by atoms with Gasteiger partial charge in [-0.05, 0) is 49.2 Å². The van der Waals surface area contributed by atoms with Crippen molar-refractivity contribution >= 4 is 29.5 Å². The van der Waals surface area contributed by atoms with E-state index in [2.05, 4.69) is 0 Å². The summed E-state index contributed by atoms with van der Waals surface area (Å²) in [7, 11) is 0. The van der Waals surface area contributed by atoms with Crippen molar-refractivity contribution in [3.63, 3.8) is 0 Å². The van der Waals surface area contributed by atoms with E-state index >= 15 is 0 Å². The van der Waals surface area contributed by atoms with Crippen molar-refractivity contribution in [2.75, 3.05) is 4.90 Å². The molecule has 35 heavy (non-hydrogen) atoms. The van der Waals surface area contributed by atoms with Gasteiger partial charge in [0, 0.05) is 12.3 Å². The topological polar surface area (TPSA) is 104 Å². The van der Waals surface area contributed by atoms with Crippen LogP contribution in [0.25, 0.3) is 6.08 Å². The summed E-state index contributed by atoms with van der Waals surface area (Å²) < 4.78 is 39.5. The van der Waals surface area contributed by atoms with Gasteiger partial charge in [-0.25, -0.2) is 4.90 Å². The van der Waals surface area contributed by atoms with Crippen LogP contribution in [0.3, 0.4) is 0 Å².